The van der Waals surface area contributed by atoms with E-state index in [2.05, 4.69) is 9.72 Å². The van der Waals surface area contributed by atoms with Crippen molar-refractivity contribution in [3.05, 3.63) is 68.9 Å². The summed E-state index contributed by atoms with van der Waals surface area (Å²) in [5, 5.41) is 2.71. The first-order valence-corrected chi connectivity index (χ1v) is 11.1. The zero-order valence-corrected chi connectivity index (χ0v) is 18.2. The Labute approximate surface area is 181 Å². The number of hydrogen-bond donors (Lipinski definition) is 0. The van der Waals surface area contributed by atoms with Crippen LogP contribution in [0.15, 0.2) is 52.9 Å². The van der Waals surface area contributed by atoms with Gasteiger partial charge in [0.15, 0.2) is 0 Å². The second-order valence-electron chi connectivity index (χ2n) is 6.65. The second kappa shape index (κ2) is 8.81. The molecule has 3 heterocycles. The quantitative estimate of drug-likeness (QED) is 0.306. The van der Waals surface area contributed by atoms with E-state index in [9.17, 15) is 9.59 Å². The minimum Gasteiger partial charge on any atom is -0.494 e. The molecule has 0 atom stereocenters. The highest BCUT2D eigenvalue weighted by Crippen LogP contribution is 2.37. The van der Waals surface area contributed by atoms with E-state index in [1.54, 1.807) is 57.8 Å². The van der Waals surface area contributed by atoms with Crippen molar-refractivity contribution in [2.45, 2.75) is 19.9 Å². The maximum Gasteiger partial charge on any atom is 0.337 e. The number of carbonyl (C=O) groups excluding carboxylic acids is 1. The van der Waals surface area contributed by atoms with Crippen LogP contribution in [0.5, 0.6) is 5.75 Å². The summed E-state index contributed by atoms with van der Waals surface area (Å²) < 4.78 is 12.1. The van der Waals surface area contributed by atoms with Gasteiger partial charge in [0.05, 0.1) is 31.0 Å². The fourth-order valence-electron chi connectivity index (χ4n) is 3.24. The number of esters is 1. The molecular formula is C22H20N2O4S2. The zero-order chi connectivity index (χ0) is 21.1. The maximum atomic E-state index is 13.1. The van der Waals surface area contributed by atoms with Crippen molar-refractivity contribution in [2.75, 3.05) is 13.7 Å². The first kappa shape index (κ1) is 20.3. The van der Waals surface area contributed by atoms with Crippen molar-refractivity contribution in [1.29, 1.82) is 0 Å². The number of ether oxygens (including phenoxy) is 2. The molecule has 0 aliphatic heterocycles. The summed E-state index contributed by atoms with van der Waals surface area (Å²) in [6.07, 6.45) is 2.27. The van der Waals surface area contributed by atoms with Gasteiger partial charge >= 0.3 is 5.97 Å². The predicted molar refractivity (Wildman–Crippen MR) is 120 cm³/mol. The molecule has 3 aromatic heterocycles. The minimum atomic E-state index is -0.380. The van der Waals surface area contributed by atoms with Crippen LogP contribution in [0, 0.1) is 6.92 Å². The van der Waals surface area contributed by atoms with E-state index >= 15 is 0 Å². The van der Waals surface area contributed by atoms with Crippen LogP contribution in [0.3, 0.4) is 0 Å². The lowest BCUT2D eigenvalue weighted by Crippen LogP contribution is -2.21. The van der Waals surface area contributed by atoms with Crippen LogP contribution in [0.2, 0.25) is 0 Å². The van der Waals surface area contributed by atoms with E-state index in [-0.39, 0.29) is 11.5 Å². The standard InChI is InChI=1S/C22H20N2O4S2/c1-14-18(17-5-3-12-29-17)19-20(30-14)23-13-24(21(19)25)10-4-11-28-16-8-6-15(7-9-16)22(26)27-2/h3,5-9,12-13H,4,10-11H2,1-2H3. The minimum absolute atomic E-state index is 0.0184. The third-order valence-electron chi connectivity index (χ3n) is 4.71. The van der Waals surface area contributed by atoms with Crippen molar-refractivity contribution in [1.82, 2.24) is 9.55 Å². The van der Waals surface area contributed by atoms with E-state index in [1.807, 2.05) is 24.4 Å². The van der Waals surface area contributed by atoms with E-state index in [0.717, 1.165) is 20.1 Å². The van der Waals surface area contributed by atoms with E-state index in [1.165, 1.54) is 7.11 Å². The number of thiophene rings is 2. The summed E-state index contributed by atoms with van der Waals surface area (Å²) in [5.41, 5.74) is 1.46. The molecule has 0 radical (unpaired) electrons. The van der Waals surface area contributed by atoms with E-state index in [4.69, 9.17) is 4.74 Å². The van der Waals surface area contributed by atoms with Crippen molar-refractivity contribution in [3.63, 3.8) is 0 Å². The lowest BCUT2D eigenvalue weighted by Gasteiger charge is -2.08. The lowest BCUT2D eigenvalue weighted by atomic mass is 10.1. The highest BCUT2D eigenvalue weighted by molar-refractivity contribution is 7.20. The van der Waals surface area contributed by atoms with Gasteiger partial charge in [0.1, 0.15) is 10.6 Å². The molecule has 0 saturated heterocycles. The Balaban J connectivity index is 1.45. The molecule has 0 bridgehead atoms. The molecule has 8 heteroatoms. The number of benzene rings is 1. The number of fused-ring (bicyclic) bond motifs is 1. The van der Waals surface area contributed by atoms with Crippen molar-refractivity contribution < 1.29 is 14.3 Å². The molecule has 154 valence electrons. The van der Waals surface area contributed by atoms with Crippen LogP contribution in [0.25, 0.3) is 20.7 Å². The summed E-state index contributed by atoms with van der Waals surface area (Å²) in [6, 6.07) is 10.8. The number of rotatable bonds is 7. The Morgan fingerprint density at radius 2 is 2.00 bits per heavy atom. The van der Waals surface area contributed by atoms with Crippen LogP contribution in [0.4, 0.5) is 0 Å². The number of hydrogen-bond acceptors (Lipinski definition) is 7. The van der Waals surface area contributed by atoms with Gasteiger partial charge in [-0.25, -0.2) is 9.78 Å². The SMILES string of the molecule is COC(=O)c1ccc(OCCCn2cnc3sc(C)c(-c4cccs4)c3c2=O)cc1. The molecule has 0 fully saturated rings. The Bertz CT molecular complexity index is 1220. The van der Waals surface area contributed by atoms with Crippen LogP contribution in [0.1, 0.15) is 21.7 Å². The maximum absolute atomic E-state index is 13.1. The van der Waals surface area contributed by atoms with Crippen molar-refractivity contribution in [2.24, 2.45) is 0 Å². The van der Waals surface area contributed by atoms with Crippen LogP contribution < -0.4 is 10.3 Å². The summed E-state index contributed by atoms with van der Waals surface area (Å²) >= 11 is 3.18. The highest BCUT2D eigenvalue weighted by Gasteiger charge is 2.17. The molecule has 4 aromatic rings. The monoisotopic (exact) mass is 440 g/mol. The van der Waals surface area contributed by atoms with E-state index < -0.39 is 0 Å². The average molecular weight is 441 g/mol. The second-order valence-corrected chi connectivity index (χ2v) is 8.80. The molecular weight excluding hydrogens is 420 g/mol. The van der Waals surface area contributed by atoms with Gasteiger partial charge in [-0.3, -0.25) is 9.36 Å². The summed E-state index contributed by atoms with van der Waals surface area (Å²) in [5.74, 6) is 0.284. The smallest absolute Gasteiger partial charge is 0.337 e. The van der Waals surface area contributed by atoms with Gasteiger partial charge in [0, 0.05) is 21.9 Å². The lowest BCUT2D eigenvalue weighted by molar-refractivity contribution is 0.0600. The molecule has 0 saturated carbocycles. The number of aryl methyl sites for hydroxylation is 2. The highest BCUT2D eigenvalue weighted by atomic mass is 32.1. The van der Waals surface area contributed by atoms with Crippen molar-refractivity contribution in [3.8, 4) is 16.2 Å². The Kier molecular flexibility index (Phi) is 5.96. The van der Waals surface area contributed by atoms with E-state index in [0.29, 0.717) is 36.3 Å². The van der Waals surface area contributed by atoms with Gasteiger partial charge in [-0.1, -0.05) is 6.07 Å². The molecule has 1 aromatic carbocycles. The third kappa shape index (κ3) is 4.01. The van der Waals surface area contributed by atoms with Gasteiger partial charge in [0.2, 0.25) is 0 Å². The van der Waals surface area contributed by atoms with Gasteiger partial charge in [0.25, 0.3) is 5.56 Å². The molecule has 0 spiro atoms. The normalized spacial score (nSPS) is 11.0. The van der Waals surface area contributed by atoms with Crippen LogP contribution >= 0.6 is 22.7 Å². The van der Waals surface area contributed by atoms with Gasteiger partial charge in [-0.05, 0) is 49.1 Å². The topological polar surface area (TPSA) is 70.4 Å². The Morgan fingerprint density at radius 3 is 2.70 bits per heavy atom. The van der Waals surface area contributed by atoms with Crippen molar-refractivity contribution >= 4 is 38.9 Å². The number of methoxy groups -OCH3 is 1. The molecule has 0 N–H and O–H groups in total. The summed E-state index contributed by atoms with van der Waals surface area (Å²) in [7, 11) is 1.35. The number of nitrogens with zero attached hydrogens (tertiary/aromatic N) is 2. The largest absolute Gasteiger partial charge is 0.494 e. The number of aromatic nitrogens is 2. The van der Waals surface area contributed by atoms with Gasteiger partial charge in [-0.15, -0.1) is 22.7 Å². The first-order valence-electron chi connectivity index (χ1n) is 9.42. The summed E-state index contributed by atoms with van der Waals surface area (Å²) in [6.45, 7) is 2.99. The third-order valence-corrected chi connectivity index (χ3v) is 6.61. The van der Waals surface area contributed by atoms with Gasteiger partial charge < -0.3 is 9.47 Å². The molecule has 30 heavy (non-hydrogen) atoms. The van der Waals surface area contributed by atoms with Crippen LogP contribution in [-0.2, 0) is 11.3 Å². The Hall–Kier alpha value is -2.97. The zero-order valence-electron chi connectivity index (χ0n) is 16.6. The summed E-state index contributed by atoms with van der Waals surface area (Å²) in [4.78, 5) is 32.0. The Morgan fingerprint density at radius 1 is 1.20 bits per heavy atom. The molecule has 0 amide bonds. The predicted octanol–water partition coefficient (Wildman–Crippen LogP) is 4.75. The molecule has 4 rings (SSSR count). The fourth-order valence-corrected chi connectivity index (χ4v) is 5.14. The molecule has 0 aliphatic carbocycles. The first-order chi connectivity index (χ1) is 14.6. The fraction of sp³-hybridized carbons (Fsp3) is 0.227. The molecule has 0 aliphatic rings. The average Bonchev–Trinajstić information content (AvgIpc) is 3.39. The molecule has 6 nitrogen and oxygen atoms in total. The van der Waals surface area contributed by atoms with Crippen LogP contribution in [-0.4, -0.2) is 29.2 Å². The molecule has 0 unspecified atom stereocenters. The number of carbonyl (C=O) groups is 1. The van der Waals surface area contributed by atoms with Gasteiger partial charge in [-0.2, -0.15) is 0 Å².